The Labute approximate surface area is 209 Å². The molecule has 0 unspecified atom stereocenters. The van der Waals surface area contributed by atoms with Crippen molar-refractivity contribution in [1.82, 2.24) is 15.2 Å². The molecule has 1 aromatic carbocycles. The molecule has 0 aliphatic carbocycles. The Bertz CT molecular complexity index is 1080. The van der Waals surface area contributed by atoms with Gasteiger partial charge in [-0.3, -0.25) is 14.4 Å². The minimum Gasteiger partial charge on any atom is -0.466 e. The molecule has 35 heavy (non-hydrogen) atoms. The molecule has 9 nitrogen and oxygen atoms in total. The van der Waals surface area contributed by atoms with Crippen LogP contribution in [-0.4, -0.2) is 73.5 Å². The van der Waals surface area contributed by atoms with Gasteiger partial charge in [0.1, 0.15) is 5.82 Å². The molecule has 2 aliphatic heterocycles. The minimum atomic E-state index is -0.335. The number of piperidine rings is 1. The zero-order valence-corrected chi connectivity index (χ0v) is 20.5. The van der Waals surface area contributed by atoms with E-state index < -0.39 is 0 Å². The molecule has 10 heteroatoms. The van der Waals surface area contributed by atoms with Gasteiger partial charge in [-0.15, -0.1) is 0 Å². The molecule has 2 fully saturated rings. The van der Waals surface area contributed by atoms with Gasteiger partial charge < -0.3 is 25.2 Å². The third-order valence-electron chi connectivity index (χ3n) is 6.26. The Hall–Kier alpha value is -3.17. The minimum absolute atomic E-state index is 0.160. The number of pyridine rings is 1. The quantitative estimate of drug-likeness (QED) is 0.589. The number of benzene rings is 1. The molecule has 1 aromatic heterocycles. The number of piperazine rings is 1. The third kappa shape index (κ3) is 6.10. The fourth-order valence-corrected chi connectivity index (χ4v) is 4.58. The van der Waals surface area contributed by atoms with Gasteiger partial charge in [0.15, 0.2) is 0 Å². The van der Waals surface area contributed by atoms with E-state index in [1.165, 1.54) is 0 Å². The number of hydrogen-bond donors (Lipinski definition) is 2. The van der Waals surface area contributed by atoms with Gasteiger partial charge in [-0.1, -0.05) is 17.7 Å². The summed E-state index contributed by atoms with van der Waals surface area (Å²) in [6.07, 6.45) is 2.70. The summed E-state index contributed by atoms with van der Waals surface area (Å²) >= 11 is 6.02. The number of likely N-dealkylation sites (tertiary alicyclic amines) is 1. The predicted octanol–water partition coefficient (Wildman–Crippen LogP) is 2.81. The molecule has 4 rings (SSSR count). The maximum absolute atomic E-state index is 13.6. The Morgan fingerprint density at radius 3 is 2.57 bits per heavy atom. The highest BCUT2D eigenvalue weighted by Gasteiger charge is 2.31. The zero-order valence-electron chi connectivity index (χ0n) is 19.8. The molecule has 2 aliphatic rings. The van der Waals surface area contributed by atoms with Gasteiger partial charge in [-0.2, -0.15) is 0 Å². The van der Waals surface area contributed by atoms with E-state index in [9.17, 15) is 14.4 Å². The van der Waals surface area contributed by atoms with Gasteiger partial charge in [-0.05, 0) is 44.0 Å². The molecule has 186 valence electrons. The first-order valence-corrected chi connectivity index (χ1v) is 12.3. The highest BCUT2D eigenvalue weighted by Crippen LogP contribution is 2.27. The number of nitrogens with zero attached hydrogens (tertiary/aromatic N) is 3. The Balaban J connectivity index is 1.55. The van der Waals surface area contributed by atoms with E-state index >= 15 is 0 Å². The summed E-state index contributed by atoms with van der Waals surface area (Å²) < 4.78 is 5.14. The lowest BCUT2D eigenvalue weighted by molar-refractivity contribution is -0.149. The average molecular weight is 500 g/mol. The number of halogens is 1. The SMILES string of the molecule is CCOC(=O)C1CCN(C(=O)c2cc(NC(=O)c3cccc(Cl)c3)cnc2N2CCNCC2)CC1. The van der Waals surface area contributed by atoms with Gasteiger partial charge >= 0.3 is 5.97 Å². The van der Waals surface area contributed by atoms with Gasteiger partial charge in [0.25, 0.3) is 11.8 Å². The average Bonchev–Trinajstić information content (AvgIpc) is 2.89. The summed E-state index contributed by atoms with van der Waals surface area (Å²) in [5.41, 5.74) is 1.28. The first-order chi connectivity index (χ1) is 17.0. The van der Waals surface area contributed by atoms with E-state index in [0.717, 1.165) is 26.2 Å². The second kappa shape index (κ2) is 11.5. The maximum atomic E-state index is 13.6. The summed E-state index contributed by atoms with van der Waals surface area (Å²) in [7, 11) is 0. The highest BCUT2D eigenvalue weighted by molar-refractivity contribution is 6.31. The van der Waals surface area contributed by atoms with Crippen molar-refractivity contribution in [3.63, 3.8) is 0 Å². The fraction of sp³-hybridized carbons (Fsp3) is 0.440. The molecule has 0 saturated carbocycles. The van der Waals surface area contributed by atoms with Crippen LogP contribution in [0, 0.1) is 5.92 Å². The van der Waals surface area contributed by atoms with Crippen LogP contribution in [-0.2, 0) is 9.53 Å². The van der Waals surface area contributed by atoms with E-state index in [-0.39, 0.29) is 23.7 Å². The van der Waals surface area contributed by atoms with Crippen LogP contribution in [0.3, 0.4) is 0 Å². The molecule has 3 heterocycles. The number of anilines is 2. The molecule has 2 amide bonds. The fourth-order valence-electron chi connectivity index (χ4n) is 4.39. The maximum Gasteiger partial charge on any atom is 0.309 e. The molecule has 2 saturated heterocycles. The lowest BCUT2D eigenvalue weighted by Crippen LogP contribution is -2.45. The van der Waals surface area contributed by atoms with E-state index in [4.69, 9.17) is 16.3 Å². The number of hydrogen-bond acceptors (Lipinski definition) is 7. The molecule has 2 aromatic rings. The predicted molar refractivity (Wildman–Crippen MR) is 134 cm³/mol. The third-order valence-corrected chi connectivity index (χ3v) is 6.50. The lowest BCUT2D eigenvalue weighted by Gasteiger charge is -2.33. The molecular formula is C25H30ClN5O4. The van der Waals surface area contributed by atoms with Crippen molar-refractivity contribution in [3.05, 3.63) is 52.7 Å². The summed E-state index contributed by atoms with van der Waals surface area (Å²) in [4.78, 5) is 46.9. The van der Waals surface area contributed by atoms with E-state index in [1.807, 2.05) is 0 Å². The number of aromatic nitrogens is 1. The van der Waals surface area contributed by atoms with Crippen molar-refractivity contribution in [2.75, 3.05) is 56.1 Å². The Morgan fingerprint density at radius 1 is 1.14 bits per heavy atom. The number of nitrogens with one attached hydrogen (secondary N) is 2. The Kier molecular flexibility index (Phi) is 8.20. The molecule has 0 radical (unpaired) electrons. The van der Waals surface area contributed by atoms with Crippen LogP contribution in [0.5, 0.6) is 0 Å². The highest BCUT2D eigenvalue weighted by atomic mass is 35.5. The number of esters is 1. The van der Waals surface area contributed by atoms with Crippen LogP contribution in [0.2, 0.25) is 5.02 Å². The summed E-state index contributed by atoms with van der Waals surface area (Å²) in [5, 5.41) is 6.60. The zero-order chi connectivity index (χ0) is 24.8. The monoisotopic (exact) mass is 499 g/mol. The number of rotatable bonds is 6. The van der Waals surface area contributed by atoms with Crippen LogP contribution < -0.4 is 15.5 Å². The largest absolute Gasteiger partial charge is 0.466 e. The second-order valence-corrected chi connectivity index (χ2v) is 9.05. The Morgan fingerprint density at radius 2 is 1.89 bits per heavy atom. The van der Waals surface area contributed by atoms with Crippen LogP contribution in [0.1, 0.15) is 40.5 Å². The number of carbonyl (C=O) groups is 3. The molecular weight excluding hydrogens is 470 g/mol. The normalized spacial score (nSPS) is 16.6. The van der Waals surface area contributed by atoms with Crippen molar-refractivity contribution >= 4 is 40.9 Å². The van der Waals surface area contributed by atoms with Gasteiger partial charge in [0.05, 0.1) is 30.0 Å². The topological polar surface area (TPSA) is 104 Å². The smallest absolute Gasteiger partial charge is 0.309 e. The van der Waals surface area contributed by atoms with E-state index in [0.29, 0.717) is 60.2 Å². The van der Waals surface area contributed by atoms with Crippen molar-refractivity contribution in [2.45, 2.75) is 19.8 Å². The van der Waals surface area contributed by atoms with Crippen LogP contribution >= 0.6 is 11.6 Å². The van der Waals surface area contributed by atoms with Crippen LogP contribution in [0.4, 0.5) is 11.5 Å². The van der Waals surface area contributed by atoms with E-state index in [1.54, 1.807) is 48.4 Å². The number of ether oxygens (including phenoxy) is 1. The molecule has 2 N–H and O–H groups in total. The van der Waals surface area contributed by atoms with Gasteiger partial charge in [0, 0.05) is 49.9 Å². The molecule has 0 spiro atoms. The summed E-state index contributed by atoms with van der Waals surface area (Å²) in [6, 6.07) is 8.34. The lowest BCUT2D eigenvalue weighted by atomic mass is 9.96. The van der Waals surface area contributed by atoms with Gasteiger partial charge in [0.2, 0.25) is 0 Å². The first-order valence-electron chi connectivity index (χ1n) is 11.9. The number of carbonyl (C=O) groups excluding carboxylic acids is 3. The van der Waals surface area contributed by atoms with Crippen molar-refractivity contribution in [1.29, 1.82) is 0 Å². The number of amides is 2. The summed E-state index contributed by atoms with van der Waals surface area (Å²) in [6.45, 7) is 6.12. The second-order valence-electron chi connectivity index (χ2n) is 8.62. The van der Waals surface area contributed by atoms with E-state index in [2.05, 4.69) is 20.5 Å². The summed E-state index contributed by atoms with van der Waals surface area (Å²) in [5.74, 6) is -0.281. The van der Waals surface area contributed by atoms with Crippen molar-refractivity contribution < 1.29 is 19.1 Å². The molecule has 0 bridgehead atoms. The molecule has 0 atom stereocenters. The first kappa shape index (κ1) is 24.9. The van der Waals surface area contributed by atoms with Crippen LogP contribution in [0.15, 0.2) is 36.5 Å². The van der Waals surface area contributed by atoms with Gasteiger partial charge in [-0.25, -0.2) is 4.98 Å². The van der Waals surface area contributed by atoms with Crippen molar-refractivity contribution in [3.8, 4) is 0 Å². The van der Waals surface area contributed by atoms with Crippen LogP contribution in [0.25, 0.3) is 0 Å². The standard InChI is InChI=1S/C25H30ClN5O4/c1-2-35-25(34)17-6-10-31(11-7-17)24(33)21-15-20(16-28-22(21)30-12-8-27-9-13-30)29-23(32)18-4-3-5-19(26)14-18/h3-5,14-17,27H,2,6-13H2,1H3,(H,29,32). The van der Waals surface area contributed by atoms with Crippen molar-refractivity contribution in [2.24, 2.45) is 5.92 Å².